The molecule has 4 N–H and O–H groups in total. The van der Waals surface area contributed by atoms with Gasteiger partial charge < -0.3 is 5.73 Å². The summed E-state index contributed by atoms with van der Waals surface area (Å²) in [6.07, 6.45) is 2.74. The maximum Gasteiger partial charge on any atom is 0.344 e. The molecule has 1 aromatic rings. The minimum Gasteiger partial charge on any atom is -0.328 e. The Labute approximate surface area is 81.1 Å². The van der Waals surface area contributed by atoms with Crippen LogP contribution in [0.4, 0.5) is 0 Å². The molecule has 1 unspecified atom stereocenters. The minimum atomic E-state index is -0.415. The van der Waals surface area contributed by atoms with Gasteiger partial charge in [-0.2, -0.15) is 0 Å². The Kier molecular flexibility index (Phi) is 3.70. The number of nitrogens with zero attached hydrogens (tertiary/aromatic N) is 1. The van der Waals surface area contributed by atoms with E-state index >= 15 is 0 Å². The Bertz CT molecular complexity index is 348. The highest BCUT2D eigenvalue weighted by atomic mass is 16.2. The molecule has 0 amide bonds. The van der Waals surface area contributed by atoms with Gasteiger partial charge in [0, 0.05) is 6.54 Å². The lowest BCUT2D eigenvalue weighted by molar-refractivity contribution is 0.437. The Balaban J connectivity index is 2.89. The van der Waals surface area contributed by atoms with Crippen LogP contribution in [-0.4, -0.2) is 21.3 Å². The van der Waals surface area contributed by atoms with Crippen LogP contribution in [-0.2, 0) is 0 Å². The lowest BCUT2D eigenvalue weighted by atomic mass is 10.1. The van der Waals surface area contributed by atoms with Gasteiger partial charge in [0.15, 0.2) is 0 Å². The molecule has 0 fully saturated rings. The van der Waals surface area contributed by atoms with Crippen LogP contribution in [0.15, 0.2) is 9.59 Å². The van der Waals surface area contributed by atoms with Crippen LogP contribution in [0.5, 0.6) is 0 Å². The molecule has 0 aliphatic rings. The predicted octanol–water partition coefficient (Wildman–Crippen LogP) is -0.445. The fraction of sp³-hybridized carbons (Fsp3) is 0.750. The van der Waals surface area contributed by atoms with Gasteiger partial charge in [-0.05, 0) is 6.42 Å². The monoisotopic (exact) mass is 200 g/mol. The van der Waals surface area contributed by atoms with Crippen LogP contribution in [0.1, 0.15) is 32.2 Å². The summed E-state index contributed by atoms with van der Waals surface area (Å²) in [4.78, 5) is 22.4. The van der Waals surface area contributed by atoms with E-state index in [1.807, 2.05) is 0 Å². The van der Waals surface area contributed by atoms with Gasteiger partial charge in [0.25, 0.3) is 0 Å². The number of nitrogens with two attached hydrogens (primary N) is 1. The molecule has 14 heavy (non-hydrogen) atoms. The number of rotatable bonds is 5. The third-order valence-electron chi connectivity index (χ3n) is 2.24. The topological polar surface area (TPSA) is 96.7 Å². The molecule has 80 valence electrons. The molecule has 1 heterocycles. The fourth-order valence-corrected chi connectivity index (χ4v) is 1.44. The zero-order chi connectivity index (χ0) is 10.6. The molecule has 0 radical (unpaired) electrons. The summed E-state index contributed by atoms with van der Waals surface area (Å²) < 4.78 is 1.15. The first-order valence-corrected chi connectivity index (χ1v) is 4.80. The van der Waals surface area contributed by atoms with Crippen LogP contribution in [0.3, 0.4) is 0 Å². The van der Waals surface area contributed by atoms with E-state index in [4.69, 9.17) is 5.73 Å². The summed E-state index contributed by atoms with van der Waals surface area (Å²) in [5.41, 5.74) is 4.69. The highest BCUT2D eigenvalue weighted by Gasteiger charge is 2.13. The standard InChI is InChI=1S/C8H16N4O2/c1-2-3-4-6(5-9)12-7(13)10-11-8(12)14/h6H,2-5,9H2,1H3,(H,10,13)(H,11,14). The summed E-state index contributed by atoms with van der Waals surface area (Å²) in [7, 11) is 0. The van der Waals surface area contributed by atoms with E-state index in [9.17, 15) is 9.59 Å². The Morgan fingerprint density at radius 1 is 1.36 bits per heavy atom. The van der Waals surface area contributed by atoms with E-state index in [1.54, 1.807) is 0 Å². The summed E-state index contributed by atoms with van der Waals surface area (Å²) in [5.74, 6) is 0. The SMILES string of the molecule is CCCCC(CN)n1c(=O)[nH][nH]c1=O. The summed E-state index contributed by atoms with van der Waals surface area (Å²) in [6.45, 7) is 2.36. The quantitative estimate of drug-likeness (QED) is 0.600. The van der Waals surface area contributed by atoms with Crippen LogP contribution in [0, 0.1) is 0 Å². The number of aromatic nitrogens is 3. The number of nitrogens with one attached hydrogen (secondary N) is 2. The van der Waals surface area contributed by atoms with Crippen molar-refractivity contribution in [2.75, 3.05) is 6.54 Å². The van der Waals surface area contributed by atoms with Crippen molar-refractivity contribution in [3.05, 3.63) is 21.0 Å². The third kappa shape index (κ3) is 2.14. The summed E-state index contributed by atoms with van der Waals surface area (Å²) >= 11 is 0. The van der Waals surface area contributed by atoms with E-state index in [0.717, 1.165) is 23.8 Å². The molecule has 0 spiro atoms. The third-order valence-corrected chi connectivity index (χ3v) is 2.24. The normalized spacial score (nSPS) is 13.0. The van der Waals surface area contributed by atoms with Gasteiger partial charge in [-0.1, -0.05) is 19.8 Å². The van der Waals surface area contributed by atoms with Crippen LogP contribution in [0.2, 0.25) is 0 Å². The number of aromatic amines is 2. The maximum absolute atomic E-state index is 11.2. The van der Waals surface area contributed by atoms with E-state index in [1.165, 1.54) is 0 Å². The minimum absolute atomic E-state index is 0.197. The second-order valence-electron chi connectivity index (χ2n) is 3.26. The first kappa shape index (κ1) is 10.8. The zero-order valence-corrected chi connectivity index (χ0v) is 8.25. The number of hydrogen-bond acceptors (Lipinski definition) is 3. The van der Waals surface area contributed by atoms with Gasteiger partial charge in [-0.15, -0.1) is 0 Å². The average Bonchev–Trinajstić information content (AvgIpc) is 2.50. The molecular weight excluding hydrogens is 184 g/mol. The highest BCUT2D eigenvalue weighted by molar-refractivity contribution is 4.75. The molecule has 0 aliphatic heterocycles. The summed E-state index contributed by atoms with van der Waals surface area (Å²) in [5, 5.41) is 4.48. The molecule has 1 atom stereocenters. The molecule has 6 heteroatoms. The van der Waals surface area contributed by atoms with Gasteiger partial charge >= 0.3 is 11.4 Å². The molecule has 1 aromatic heterocycles. The van der Waals surface area contributed by atoms with Crippen molar-refractivity contribution in [2.45, 2.75) is 32.2 Å². The Hall–Kier alpha value is -1.30. The maximum atomic E-state index is 11.2. The molecule has 1 rings (SSSR count). The molecule has 0 aromatic carbocycles. The average molecular weight is 200 g/mol. The van der Waals surface area contributed by atoms with Crippen LogP contribution in [0.25, 0.3) is 0 Å². The molecule has 0 saturated heterocycles. The van der Waals surface area contributed by atoms with Gasteiger partial charge in [-0.25, -0.2) is 24.4 Å². The largest absolute Gasteiger partial charge is 0.344 e. The zero-order valence-electron chi connectivity index (χ0n) is 8.25. The number of H-pyrrole nitrogens is 2. The van der Waals surface area contributed by atoms with E-state index < -0.39 is 11.4 Å². The van der Waals surface area contributed by atoms with Gasteiger partial charge in [0.1, 0.15) is 0 Å². The smallest absolute Gasteiger partial charge is 0.328 e. The number of hydrogen-bond donors (Lipinski definition) is 3. The van der Waals surface area contributed by atoms with Crippen LogP contribution >= 0.6 is 0 Å². The Morgan fingerprint density at radius 2 is 1.93 bits per heavy atom. The van der Waals surface area contributed by atoms with E-state index in [0.29, 0.717) is 6.54 Å². The lowest BCUT2D eigenvalue weighted by Crippen LogP contribution is -2.34. The van der Waals surface area contributed by atoms with Crippen LogP contribution < -0.4 is 17.1 Å². The van der Waals surface area contributed by atoms with Gasteiger partial charge in [0.2, 0.25) is 0 Å². The van der Waals surface area contributed by atoms with Crippen molar-refractivity contribution in [3.63, 3.8) is 0 Å². The molecule has 0 bridgehead atoms. The van der Waals surface area contributed by atoms with E-state index in [-0.39, 0.29) is 6.04 Å². The lowest BCUT2D eigenvalue weighted by Gasteiger charge is -2.12. The van der Waals surface area contributed by atoms with Crippen molar-refractivity contribution < 1.29 is 0 Å². The van der Waals surface area contributed by atoms with E-state index in [2.05, 4.69) is 17.1 Å². The van der Waals surface area contributed by atoms with Crippen molar-refractivity contribution in [1.82, 2.24) is 14.8 Å². The first-order valence-electron chi connectivity index (χ1n) is 4.80. The molecule has 6 nitrogen and oxygen atoms in total. The van der Waals surface area contributed by atoms with Crippen molar-refractivity contribution in [2.24, 2.45) is 5.73 Å². The molecule has 0 saturated carbocycles. The van der Waals surface area contributed by atoms with Gasteiger partial charge in [0.05, 0.1) is 6.04 Å². The molecular formula is C8H16N4O2. The second-order valence-corrected chi connectivity index (χ2v) is 3.26. The Morgan fingerprint density at radius 3 is 2.36 bits per heavy atom. The summed E-state index contributed by atoms with van der Waals surface area (Å²) in [6, 6.07) is -0.197. The first-order chi connectivity index (χ1) is 6.70. The van der Waals surface area contributed by atoms with Crippen molar-refractivity contribution in [3.8, 4) is 0 Å². The number of unbranched alkanes of at least 4 members (excludes halogenated alkanes) is 1. The second kappa shape index (κ2) is 4.80. The van der Waals surface area contributed by atoms with Crippen molar-refractivity contribution >= 4 is 0 Å². The van der Waals surface area contributed by atoms with Crippen molar-refractivity contribution in [1.29, 1.82) is 0 Å². The fourth-order valence-electron chi connectivity index (χ4n) is 1.44. The van der Waals surface area contributed by atoms with Gasteiger partial charge in [-0.3, -0.25) is 0 Å². The molecule has 0 aliphatic carbocycles. The highest BCUT2D eigenvalue weighted by Crippen LogP contribution is 2.08. The predicted molar refractivity (Wildman–Crippen MR) is 53.3 cm³/mol.